The standard InChI is InChI=1S/C24H32N2O5.2CH2O2/c1-30-19(28)7-10-25-16-6-8-24(29)18-12-15-4-5-17(27)21-20(15)23(24,22(16)31-21)9-11-26(18)13-14-2-3-14;2*2-1-3/h4-5,14,16,18,22,25,27,29H,2-3,6-13H2,1H3;2*1H,(H,2,3)/p+2/t16-,18+,22-,23?,24+;;/m0../s1. The van der Waals surface area contributed by atoms with Crippen LogP contribution >= 0.6 is 0 Å². The molecule has 0 amide bonds. The van der Waals surface area contributed by atoms with Crippen molar-refractivity contribution < 1.29 is 54.5 Å². The Balaban J connectivity index is 0.000000489. The van der Waals surface area contributed by atoms with Crippen LogP contribution in [0.3, 0.4) is 0 Å². The van der Waals surface area contributed by atoms with Gasteiger partial charge in [0.2, 0.25) is 0 Å². The Morgan fingerprint density at radius 3 is 2.57 bits per heavy atom. The van der Waals surface area contributed by atoms with E-state index in [1.807, 2.05) is 0 Å². The molecule has 3 aliphatic carbocycles. The fourth-order valence-electron chi connectivity index (χ4n) is 7.51. The number of ether oxygens (including phenoxy) is 2. The van der Waals surface area contributed by atoms with Gasteiger partial charge in [0.15, 0.2) is 17.6 Å². The van der Waals surface area contributed by atoms with E-state index >= 15 is 0 Å². The van der Waals surface area contributed by atoms with Gasteiger partial charge < -0.3 is 40.1 Å². The van der Waals surface area contributed by atoms with Gasteiger partial charge in [-0.15, -0.1) is 0 Å². The number of carboxylic acid groups (broad SMARTS) is 2. The lowest BCUT2D eigenvalue weighted by atomic mass is 9.48. The highest BCUT2D eigenvalue weighted by molar-refractivity contribution is 5.69. The summed E-state index contributed by atoms with van der Waals surface area (Å²) in [5, 5.41) is 39.0. The summed E-state index contributed by atoms with van der Waals surface area (Å²) in [6, 6.07) is 4.15. The Morgan fingerprint density at radius 2 is 1.92 bits per heavy atom. The number of likely N-dealkylation sites (tertiary alicyclic amines) is 1. The summed E-state index contributed by atoms with van der Waals surface area (Å²) >= 11 is 0. The largest absolute Gasteiger partial charge is 0.504 e. The van der Waals surface area contributed by atoms with Crippen molar-refractivity contribution >= 4 is 18.9 Å². The van der Waals surface area contributed by atoms with Gasteiger partial charge in [0.1, 0.15) is 17.7 Å². The van der Waals surface area contributed by atoms with Gasteiger partial charge in [0.25, 0.3) is 12.9 Å². The van der Waals surface area contributed by atoms with Crippen molar-refractivity contribution in [1.82, 2.24) is 0 Å². The molecule has 2 heterocycles. The first-order chi connectivity index (χ1) is 17.8. The number of piperidine rings is 1. The van der Waals surface area contributed by atoms with Crippen LogP contribution in [0.4, 0.5) is 0 Å². The average molecular weight is 523 g/mol. The molecular weight excluding hydrogens is 484 g/mol. The van der Waals surface area contributed by atoms with Gasteiger partial charge in [0.05, 0.1) is 38.6 Å². The van der Waals surface area contributed by atoms with E-state index in [1.165, 1.54) is 32.1 Å². The molecule has 2 bridgehead atoms. The molecule has 5 aliphatic rings. The predicted octanol–water partition coefficient (Wildman–Crippen LogP) is -1.56. The first-order valence-corrected chi connectivity index (χ1v) is 13.0. The Labute approximate surface area is 215 Å². The minimum Gasteiger partial charge on any atom is -0.504 e. The molecule has 3 fully saturated rings. The molecule has 1 aromatic carbocycles. The SMILES string of the molecule is COC(=O)CC[NH2+][C@H]1CC[C@@]2(O)[C@H]3Cc4ccc(O)c5c4C2(CC[NH+]3CC2CC2)[C@H]1O5.O=CO.O=CO. The van der Waals surface area contributed by atoms with Crippen LogP contribution in [0.1, 0.15) is 49.7 Å². The van der Waals surface area contributed by atoms with E-state index in [9.17, 15) is 15.0 Å². The van der Waals surface area contributed by atoms with Gasteiger partial charge in [-0.2, -0.15) is 0 Å². The maximum Gasteiger partial charge on any atom is 0.311 e. The van der Waals surface area contributed by atoms with E-state index in [0.29, 0.717) is 18.7 Å². The van der Waals surface area contributed by atoms with E-state index in [-0.39, 0.29) is 42.9 Å². The highest BCUT2D eigenvalue weighted by Gasteiger charge is 2.75. The molecule has 7 N–H and O–H groups in total. The molecule has 37 heavy (non-hydrogen) atoms. The fourth-order valence-corrected chi connectivity index (χ4v) is 7.51. The van der Waals surface area contributed by atoms with Gasteiger partial charge >= 0.3 is 5.97 Å². The fraction of sp³-hybridized carbons (Fsp3) is 0.654. The Hall–Kier alpha value is -2.89. The van der Waals surface area contributed by atoms with Crippen LogP contribution in [-0.4, -0.2) is 89.9 Å². The molecule has 11 heteroatoms. The van der Waals surface area contributed by atoms with Crippen LogP contribution in [0.25, 0.3) is 0 Å². The lowest BCUT2D eigenvalue weighted by molar-refractivity contribution is -0.944. The van der Waals surface area contributed by atoms with E-state index in [1.54, 1.807) is 11.0 Å². The number of rotatable bonds is 6. The number of phenols is 1. The number of esters is 1. The topological polar surface area (TPSA) is 172 Å². The zero-order valence-corrected chi connectivity index (χ0v) is 21.1. The summed E-state index contributed by atoms with van der Waals surface area (Å²) in [6.07, 6.45) is 6.18. The lowest BCUT2D eigenvalue weighted by Crippen LogP contribution is -3.22. The average Bonchev–Trinajstić information content (AvgIpc) is 3.61. The number of nitrogens with two attached hydrogens (primary N) is 1. The van der Waals surface area contributed by atoms with Crippen molar-refractivity contribution in [3.05, 3.63) is 23.3 Å². The number of carbonyl (C=O) groups is 3. The van der Waals surface area contributed by atoms with Gasteiger partial charge in [0, 0.05) is 30.7 Å². The van der Waals surface area contributed by atoms with Crippen LogP contribution in [0, 0.1) is 5.92 Å². The van der Waals surface area contributed by atoms with Crippen molar-refractivity contribution in [3.8, 4) is 11.5 Å². The third-order valence-electron chi connectivity index (χ3n) is 9.05. The molecular formula is C26H38N2O9+2. The number of hydrogen-bond acceptors (Lipinski definition) is 7. The predicted molar refractivity (Wildman–Crippen MR) is 129 cm³/mol. The molecule has 1 spiro atoms. The second-order valence-electron chi connectivity index (χ2n) is 10.7. The number of methoxy groups -OCH3 is 1. The summed E-state index contributed by atoms with van der Waals surface area (Å²) in [5.41, 5.74) is 1.05. The van der Waals surface area contributed by atoms with Gasteiger partial charge in [-0.1, -0.05) is 6.07 Å². The molecule has 2 saturated carbocycles. The molecule has 204 valence electrons. The maximum absolute atomic E-state index is 12.4. The molecule has 11 nitrogen and oxygen atoms in total. The van der Waals surface area contributed by atoms with Crippen molar-refractivity contribution in [1.29, 1.82) is 0 Å². The molecule has 6 rings (SSSR count). The number of phenolic OH excluding ortho intramolecular Hbond substituents is 1. The van der Waals surface area contributed by atoms with Crippen LogP contribution in [0.2, 0.25) is 0 Å². The number of quaternary nitrogens is 2. The lowest BCUT2D eigenvalue weighted by Gasteiger charge is -2.61. The quantitative estimate of drug-likeness (QED) is 0.191. The number of benzene rings is 1. The highest BCUT2D eigenvalue weighted by Crippen LogP contribution is 2.63. The number of hydrogen-bond donors (Lipinski definition) is 6. The van der Waals surface area contributed by atoms with Gasteiger partial charge in [-0.05, 0) is 30.9 Å². The Bertz CT molecular complexity index is 1010. The number of carbonyl (C=O) groups excluding carboxylic acids is 1. The molecule has 0 aromatic heterocycles. The summed E-state index contributed by atoms with van der Waals surface area (Å²) in [4.78, 5) is 29.9. The van der Waals surface area contributed by atoms with Crippen LogP contribution in [0.5, 0.6) is 11.5 Å². The highest BCUT2D eigenvalue weighted by atomic mass is 16.5. The maximum atomic E-state index is 12.4. The molecule has 0 radical (unpaired) electrons. The molecule has 1 saturated heterocycles. The molecule has 2 aliphatic heterocycles. The third-order valence-corrected chi connectivity index (χ3v) is 9.05. The molecule has 2 unspecified atom stereocenters. The van der Waals surface area contributed by atoms with Gasteiger partial charge in [-0.3, -0.25) is 14.4 Å². The minimum atomic E-state index is -0.807. The normalized spacial score (nSPS) is 33.8. The Kier molecular flexibility index (Phi) is 7.96. The Morgan fingerprint density at radius 1 is 1.22 bits per heavy atom. The zero-order chi connectivity index (χ0) is 26.8. The van der Waals surface area contributed by atoms with Crippen molar-refractivity contribution in [2.75, 3.05) is 26.7 Å². The van der Waals surface area contributed by atoms with Crippen LogP contribution in [0.15, 0.2) is 12.1 Å². The van der Waals surface area contributed by atoms with Gasteiger partial charge in [-0.25, -0.2) is 0 Å². The summed E-state index contributed by atoms with van der Waals surface area (Å²) in [6.45, 7) is 2.36. The van der Waals surface area contributed by atoms with E-state index < -0.39 is 11.0 Å². The van der Waals surface area contributed by atoms with E-state index in [2.05, 4.69) is 11.4 Å². The van der Waals surface area contributed by atoms with Crippen molar-refractivity contribution in [3.63, 3.8) is 0 Å². The third kappa shape index (κ3) is 4.53. The number of aliphatic hydroxyl groups is 1. The second kappa shape index (κ2) is 10.8. The smallest absolute Gasteiger partial charge is 0.311 e. The molecule has 6 atom stereocenters. The summed E-state index contributed by atoms with van der Waals surface area (Å²) in [5.74, 6) is 1.40. The second-order valence-corrected chi connectivity index (χ2v) is 10.7. The summed E-state index contributed by atoms with van der Waals surface area (Å²) in [7, 11) is 1.42. The first-order valence-electron chi connectivity index (χ1n) is 13.0. The van der Waals surface area contributed by atoms with Crippen LogP contribution in [-0.2, 0) is 31.0 Å². The van der Waals surface area contributed by atoms with E-state index in [0.717, 1.165) is 43.7 Å². The number of nitrogens with one attached hydrogen (secondary N) is 1. The van der Waals surface area contributed by atoms with Crippen LogP contribution < -0.4 is 15.0 Å². The molecule has 1 aromatic rings. The minimum absolute atomic E-state index is 0.147. The van der Waals surface area contributed by atoms with Crippen molar-refractivity contribution in [2.24, 2.45) is 5.92 Å². The first kappa shape index (κ1) is 27.2. The monoisotopic (exact) mass is 522 g/mol. The van der Waals surface area contributed by atoms with E-state index in [4.69, 9.17) is 29.3 Å². The van der Waals surface area contributed by atoms with Crippen molar-refractivity contribution in [2.45, 2.75) is 74.1 Å². The zero-order valence-electron chi connectivity index (χ0n) is 21.1. The number of aromatic hydroxyl groups is 1. The summed E-state index contributed by atoms with van der Waals surface area (Å²) < 4.78 is 11.3.